The molecule has 4 aromatic carbocycles. The van der Waals surface area contributed by atoms with Crippen LogP contribution in [0.5, 0.6) is 0 Å². The fraction of sp³-hybridized carbons (Fsp3) is 0.0625. The van der Waals surface area contributed by atoms with Crippen molar-refractivity contribution >= 4 is 145 Å². The number of H-pyrrole nitrogens is 2. The first-order chi connectivity index (χ1) is 25.8. The molecule has 0 spiro atoms. The van der Waals surface area contributed by atoms with Crippen LogP contribution in [0, 0.1) is 22.7 Å². The van der Waals surface area contributed by atoms with Crippen molar-refractivity contribution in [2.75, 3.05) is 0 Å². The molecule has 6 aromatic rings. The van der Waals surface area contributed by atoms with E-state index in [1.54, 1.807) is 48.5 Å². The van der Waals surface area contributed by atoms with Crippen LogP contribution in [-0.4, -0.2) is 90.3 Å². The molecule has 2 heterocycles. The van der Waals surface area contributed by atoms with Gasteiger partial charge in [-0.15, -0.1) is 0 Å². The van der Waals surface area contributed by atoms with Gasteiger partial charge in [-0.25, -0.2) is 4.67 Å². The molecule has 0 bridgehead atoms. The Labute approximate surface area is 421 Å². The van der Waals surface area contributed by atoms with Crippen LogP contribution in [0.3, 0.4) is 0 Å². The topological polar surface area (TPSA) is 192 Å². The molecule has 0 saturated heterocycles. The first-order valence-electron chi connectivity index (χ1n) is 15.0. The van der Waals surface area contributed by atoms with E-state index in [1.807, 2.05) is 6.07 Å². The van der Waals surface area contributed by atoms with Gasteiger partial charge in [-0.2, -0.15) is 36.9 Å². The fourth-order valence-corrected chi connectivity index (χ4v) is 5.22. The summed E-state index contributed by atoms with van der Waals surface area (Å²) < 4.78 is 87.2. The molecule has 0 aliphatic carbocycles. The van der Waals surface area contributed by atoms with E-state index in [0.29, 0.717) is 53.6 Å². The predicted molar refractivity (Wildman–Crippen MR) is 196 cm³/mol. The van der Waals surface area contributed by atoms with Crippen molar-refractivity contribution in [2.45, 2.75) is 12.4 Å². The molecule has 276 valence electrons. The van der Waals surface area contributed by atoms with Gasteiger partial charge in [0.2, 0.25) is 0 Å². The molecule has 24 heteroatoms. The van der Waals surface area contributed by atoms with Gasteiger partial charge in [0.05, 0.1) is 33.3 Å². The number of benzene rings is 4. The molecule has 0 amide bonds. The van der Waals surface area contributed by atoms with Crippen molar-refractivity contribution in [3.63, 3.8) is 0 Å². The van der Waals surface area contributed by atoms with Gasteiger partial charge in [-0.1, -0.05) is 59.6 Å². The number of aromatic amines is 2. The maximum atomic E-state index is 12.8. The molecule has 1 atom stereocenters. The summed E-state index contributed by atoms with van der Waals surface area (Å²) in [6.07, 6.45) is -8.81. The number of nitrogens with one attached hydrogen (secondary N) is 2. The molecule has 0 aliphatic rings. The van der Waals surface area contributed by atoms with E-state index in [1.165, 1.54) is 87.4 Å². The quantitative estimate of drug-likeness (QED) is 0.0678. The Morgan fingerprint density at radius 3 is 1.62 bits per heavy atom. The number of rotatable bonds is 3. The monoisotopic (exact) mass is 976 g/mol. The van der Waals surface area contributed by atoms with Crippen LogP contribution in [0.25, 0.3) is 32.9 Å². The van der Waals surface area contributed by atoms with E-state index >= 15 is 0 Å². The summed E-state index contributed by atoms with van der Waals surface area (Å²) >= 11 is 17.6. The molecule has 0 aliphatic heterocycles. The number of nitriles is 2. The summed E-state index contributed by atoms with van der Waals surface area (Å²) in [4.78, 5) is 13.5. The van der Waals surface area contributed by atoms with E-state index in [0.717, 1.165) is 12.1 Å². The van der Waals surface area contributed by atoms with Gasteiger partial charge < -0.3 is 30.2 Å². The second-order valence-electron chi connectivity index (χ2n) is 10.2. The van der Waals surface area contributed by atoms with Crippen molar-refractivity contribution in [1.29, 1.82) is 10.5 Å². The van der Waals surface area contributed by atoms with Gasteiger partial charge in [0.1, 0.15) is 11.4 Å². The average Bonchev–Trinajstić information content (AvgIpc) is 3.77. The van der Waals surface area contributed by atoms with Crippen molar-refractivity contribution in [3.05, 3.63) is 122 Å². The Morgan fingerprint density at radius 1 is 0.768 bits per heavy atom. The average molecular weight is 978 g/mol. The third-order valence-electron chi connectivity index (χ3n) is 6.74. The van der Waals surface area contributed by atoms with Gasteiger partial charge in [0.25, 0.3) is 0 Å². The van der Waals surface area contributed by atoms with Crippen LogP contribution in [0.2, 0.25) is 10.0 Å². The Hall–Kier alpha value is 0.454. The van der Waals surface area contributed by atoms with Crippen molar-refractivity contribution < 1.29 is 107 Å². The van der Waals surface area contributed by atoms with Crippen molar-refractivity contribution in [3.8, 4) is 23.3 Å². The molecule has 2 aromatic heterocycles. The number of halogens is 9. The summed E-state index contributed by atoms with van der Waals surface area (Å²) in [5.41, 5.74) is 1.14. The zero-order valence-corrected chi connectivity index (χ0v) is 42.3. The number of hydrogen-bond donors (Lipinski definition) is 4. The first-order valence-corrected chi connectivity index (χ1v) is 33.7. The molecule has 4 N–H and O–H groups in total. The molecule has 0 fully saturated rings. The van der Waals surface area contributed by atoms with Gasteiger partial charge in [-0.3, -0.25) is 0 Å². The third-order valence-corrected chi connectivity index (χ3v) is 8.37. The SMILES string of the molecule is FC(F)(F)c1cc2cc(Br)c(Cl)cc2[nH]1.N#Cc1ccccc1-c1cc2cc(C(F)(F)F)[nH]c2cc1Cl.N#Cc1ccccc1B(O)O.O=[P+]([O-])O[O-].[K+].[K][K]. The van der Waals surface area contributed by atoms with Crippen LogP contribution in [0.1, 0.15) is 22.5 Å². The van der Waals surface area contributed by atoms with Crippen molar-refractivity contribution in [2.24, 2.45) is 0 Å². The van der Waals surface area contributed by atoms with Crippen LogP contribution in [-0.2, 0) is 21.6 Å². The minimum absolute atomic E-state index is 0. The number of nitrogens with zero attached hydrogens (tertiary/aromatic N) is 2. The Kier molecular flexibility index (Phi) is 25.3. The zero-order valence-electron chi connectivity index (χ0n) is 28.9. The molecular formula is C32H18BBrCl2F6K3N4O6P. The summed E-state index contributed by atoms with van der Waals surface area (Å²) in [7, 11) is -4.72. The van der Waals surface area contributed by atoms with Gasteiger partial charge in [0.15, 0.2) is 0 Å². The van der Waals surface area contributed by atoms with Crippen LogP contribution < -0.4 is 67.0 Å². The van der Waals surface area contributed by atoms with E-state index in [2.05, 4.69) is 36.6 Å². The normalized spacial score (nSPS) is 10.7. The predicted octanol–water partition coefficient (Wildman–Crippen LogP) is 3.76. The van der Waals surface area contributed by atoms with E-state index in [4.69, 9.17) is 58.5 Å². The van der Waals surface area contributed by atoms with Crippen molar-refractivity contribution in [1.82, 2.24) is 9.97 Å². The fourth-order valence-electron chi connectivity index (χ4n) is 4.43. The molecule has 10 nitrogen and oxygen atoms in total. The second-order valence-corrected chi connectivity index (χ2v) is 12.4. The van der Waals surface area contributed by atoms with Gasteiger partial charge in [-0.05, 0) is 74.5 Å². The summed E-state index contributed by atoms with van der Waals surface area (Å²) in [5.74, 6) is 0. The Balaban J connectivity index is 0.000000403. The number of alkyl halides is 6. The standard InChI is InChI=1S/C16H8ClF3N2.C9H4BrClF3N.C7H6BNO2.3K.HO4P/c17-13-7-14-10(6-15(22-14)16(18,19)20)5-12(13)11-4-2-1-3-9(11)8-21;10-5-1-4-2-8(9(12,13)14)15-7(4)3-6(5)11;9-5-6-3-1-2-4-7(6)8(10)11;;;;1-4-5(2)3/h1-7,22H;1-3,15H;1-4,10-11H;;;;1H/q;;;;;+1;/p-1. The van der Waals surface area contributed by atoms with Crippen LogP contribution >= 0.6 is 47.4 Å². The van der Waals surface area contributed by atoms with Crippen LogP contribution in [0.4, 0.5) is 26.3 Å². The molecule has 1 unspecified atom stereocenters. The van der Waals surface area contributed by atoms with Gasteiger partial charge >= 0.3 is 142 Å². The van der Waals surface area contributed by atoms with E-state index in [9.17, 15) is 26.3 Å². The molecule has 6 rings (SSSR count). The Bertz CT molecular complexity index is 2310. The number of fused-ring (bicyclic) bond motifs is 2. The molecule has 56 heavy (non-hydrogen) atoms. The number of aromatic nitrogens is 2. The molecule has 0 radical (unpaired) electrons. The third kappa shape index (κ3) is 16.7. The van der Waals surface area contributed by atoms with Gasteiger partial charge in [0, 0.05) is 37.4 Å². The molecular weight excluding hydrogens is 960 g/mol. The van der Waals surface area contributed by atoms with Crippen LogP contribution in [0.15, 0.2) is 89.4 Å². The summed E-state index contributed by atoms with van der Waals surface area (Å²) in [6.45, 7) is 0. The first kappa shape index (κ1) is 54.5. The summed E-state index contributed by atoms with van der Waals surface area (Å²) in [6, 6.07) is 25.2. The summed E-state index contributed by atoms with van der Waals surface area (Å²) in [5, 5.41) is 45.2. The van der Waals surface area contributed by atoms with E-state index in [-0.39, 0.29) is 61.9 Å². The number of hydrogen-bond acceptors (Lipinski definition) is 8. The van der Waals surface area contributed by atoms with E-state index < -0.39 is 39.1 Å². The minimum atomic E-state index is -4.45. The molecule has 0 saturated carbocycles. The maximum absolute atomic E-state index is 12.8. The zero-order chi connectivity index (χ0) is 41.7. The Morgan fingerprint density at radius 2 is 1.20 bits per heavy atom. The second kappa shape index (κ2) is 26.0.